The van der Waals surface area contributed by atoms with Gasteiger partial charge >= 0.3 is 0 Å². The quantitative estimate of drug-likeness (QED) is 0.883. The Labute approximate surface area is 111 Å². The largest absolute Gasteiger partial charge is 0.395 e. The standard InChI is InChI=1S/C11H13ClN2O3S/c1-2-14(5-6-15)18(16,17)11-4-3-9(8-13)7-10(11)12/h3-4,7,15H,2,5-6H2,1H3. The van der Waals surface area contributed by atoms with Gasteiger partial charge < -0.3 is 5.11 Å². The zero-order chi connectivity index (χ0) is 13.8. The lowest BCUT2D eigenvalue weighted by Crippen LogP contribution is -2.33. The van der Waals surface area contributed by atoms with Crippen LogP contribution in [-0.4, -0.2) is 37.5 Å². The summed E-state index contributed by atoms with van der Waals surface area (Å²) in [5, 5.41) is 17.5. The number of likely N-dealkylation sites (N-methyl/N-ethyl adjacent to an activating group) is 1. The van der Waals surface area contributed by atoms with Gasteiger partial charge in [-0.2, -0.15) is 9.57 Å². The molecular formula is C11H13ClN2O3S. The first-order valence-corrected chi connectivity index (χ1v) is 7.09. The Kier molecular flexibility index (Phi) is 5.11. The number of sulfonamides is 1. The number of aliphatic hydroxyl groups is 1. The molecule has 0 aromatic heterocycles. The van der Waals surface area contributed by atoms with Crippen LogP contribution in [0.1, 0.15) is 12.5 Å². The molecule has 0 aliphatic rings. The molecule has 1 aromatic carbocycles. The van der Waals surface area contributed by atoms with Gasteiger partial charge in [0.1, 0.15) is 4.90 Å². The Morgan fingerprint density at radius 1 is 1.50 bits per heavy atom. The average molecular weight is 289 g/mol. The topological polar surface area (TPSA) is 81.4 Å². The summed E-state index contributed by atoms with van der Waals surface area (Å²) in [5.41, 5.74) is 0.296. The fourth-order valence-corrected chi connectivity index (χ4v) is 3.44. The maximum absolute atomic E-state index is 12.2. The molecule has 1 N–H and O–H groups in total. The Morgan fingerprint density at radius 2 is 2.17 bits per heavy atom. The van der Waals surface area contributed by atoms with E-state index in [1.165, 1.54) is 18.2 Å². The van der Waals surface area contributed by atoms with Crippen LogP contribution in [0.4, 0.5) is 0 Å². The first-order valence-electron chi connectivity index (χ1n) is 5.28. The molecule has 7 heteroatoms. The van der Waals surface area contributed by atoms with E-state index in [4.69, 9.17) is 22.0 Å². The maximum Gasteiger partial charge on any atom is 0.244 e. The highest BCUT2D eigenvalue weighted by Crippen LogP contribution is 2.25. The third-order valence-corrected chi connectivity index (χ3v) is 4.84. The average Bonchev–Trinajstić information content (AvgIpc) is 2.35. The number of halogens is 1. The van der Waals surface area contributed by atoms with E-state index in [1.807, 2.05) is 6.07 Å². The van der Waals surface area contributed by atoms with E-state index >= 15 is 0 Å². The first kappa shape index (κ1) is 14.9. The van der Waals surface area contributed by atoms with Gasteiger partial charge in [-0.25, -0.2) is 8.42 Å². The van der Waals surface area contributed by atoms with Crippen molar-refractivity contribution in [3.63, 3.8) is 0 Å². The predicted octanol–water partition coefficient (Wildman–Crippen LogP) is 1.21. The second kappa shape index (κ2) is 6.16. The predicted molar refractivity (Wildman–Crippen MR) is 67.7 cm³/mol. The highest BCUT2D eigenvalue weighted by Gasteiger charge is 2.25. The van der Waals surface area contributed by atoms with E-state index in [0.29, 0.717) is 5.56 Å². The molecule has 0 heterocycles. The van der Waals surface area contributed by atoms with Crippen molar-refractivity contribution in [3.05, 3.63) is 28.8 Å². The van der Waals surface area contributed by atoms with Crippen LogP contribution >= 0.6 is 11.6 Å². The van der Waals surface area contributed by atoms with Crippen LogP contribution in [0.3, 0.4) is 0 Å². The molecule has 0 radical (unpaired) electrons. The SMILES string of the molecule is CCN(CCO)S(=O)(=O)c1ccc(C#N)cc1Cl. The summed E-state index contributed by atoms with van der Waals surface area (Å²) < 4.78 is 25.6. The molecule has 1 aromatic rings. The van der Waals surface area contributed by atoms with Gasteiger partial charge in [0, 0.05) is 13.1 Å². The molecule has 0 aliphatic heterocycles. The van der Waals surface area contributed by atoms with Crippen molar-refractivity contribution < 1.29 is 13.5 Å². The van der Waals surface area contributed by atoms with Crippen molar-refractivity contribution in [3.8, 4) is 6.07 Å². The minimum atomic E-state index is -3.74. The van der Waals surface area contributed by atoms with Crippen molar-refractivity contribution in [2.75, 3.05) is 19.7 Å². The highest BCUT2D eigenvalue weighted by molar-refractivity contribution is 7.89. The summed E-state index contributed by atoms with van der Waals surface area (Å²) in [7, 11) is -3.74. The van der Waals surface area contributed by atoms with Crippen LogP contribution in [0.25, 0.3) is 0 Å². The van der Waals surface area contributed by atoms with Crippen LogP contribution in [-0.2, 0) is 10.0 Å². The fraction of sp³-hybridized carbons (Fsp3) is 0.364. The third-order valence-electron chi connectivity index (χ3n) is 2.38. The summed E-state index contributed by atoms with van der Waals surface area (Å²) in [6.07, 6.45) is 0. The van der Waals surface area contributed by atoms with E-state index in [2.05, 4.69) is 0 Å². The Hall–Kier alpha value is -1.13. The molecule has 0 saturated carbocycles. The Morgan fingerprint density at radius 3 is 2.61 bits per heavy atom. The van der Waals surface area contributed by atoms with Gasteiger partial charge in [0.2, 0.25) is 10.0 Å². The molecule has 0 spiro atoms. The monoisotopic (exact) mass is 288 g/mol. The molecule has 0 bridgehead atoms. The molecule has 0 unspecified atom stereocenters. The second-order valence-electron chi connectivity index (χ2n) is 3.48. The van der Waals surface area contributed by atoms with Gasteiger partial charge in [-0.05, 0) is 18.2 Å². The smallest absolute Gasteiger partial charge is 0.244 e. The lowest BCUT2D eigenvalue weighted by Gasteiger charge is -2.20. The van der Waals surface area contributed by atoms with Crippen LogP contribution in [0, 0.1) is 11.3 Å². The molecular weight excluding hydrogens is 276 g/mol. The maximum atomic E-state index is 12.2. The normalized spacial score (nSPS) is 11.5. The molecule has 0 atom stereocenters. The molecule has 18 heavy (non-hydrogen) atoms. The lowest BCUT2D eigenvalue weighted by atomic mass is 10.2. The summed E-state index contributed by atoms with van der Waals surface area (Å²) in [6, 6.07) is 5.88. The summed E-state index contributed by atoms with van der Waals surface area (Å²) in [4.78, 5) is -0.0570. The molecule has 0 amide bonds. The number of rotatable bonds is 5. The van der Waals surface area contributed by atoms with Crippen molar-refractivity contribution in [1.29, 1.82) is 5.26 Å². The van der Waals surface area contributed by atoms with Crippen LogP contribution in [0.15, 0.2) is 23.1 Å². The molecule has 98 valence electrons. The lowest BCUT2D eigenvalue weighted by molar-refractivity contribution is 0.257. The number of benzene rings is 1. The molecule has 5 nitrogen and oxygen atoms in total. The van der Waals surface area contributed by atoms with E-state index in [1.54, 1.807) is 6.92 Å². The van der Waals surface area contributed by atoms with Crippen LogP contribution in [0.2, 0.25) is 5.02 Å². The van der Waals surface area contributed by atoms with E-state index in [0.717, 1.165) is 4.31 Å². The van der Waals surface area contributed by atoms with Crippen molar-refractivity contribution in [2.45, 2.75) is 11.8 Å². The zero-order valence-corrected chi connectivity index (χ0v) is 11.4. The summed E-state index contributed by atoms with van der Waals surface area (Å²) >= 11 is 5.87. The molecule has 0 saturated heterocycles. The second-order valence-corrected chi connectivity index (χ2v) is 5.79. The molecule has 1 rings (SSSR count). The number of nitriles is 1. The van der Waals surface area contributed by atoms with Crippen molar-refractivity contribution >= 4 is 21.6 Å². The van der Waals surface area contributed by atoms with Gasteiger partial charge in [0.25, 0.3) is 0 Å². The van der Waals surface area contributed by atoms with E-state index in [9.17, 15) is 8.42 Å². The van der Waals surface area contributed by atoms with Crippen molar-refractivity contribution in [2.24, 2.45) is 0 Å². The molecule has 0 aliphatic carbocycles. The Balaban J connectivity index is 3.24. The minimum Gasteiger partial charge on any atom is -0.395 e. The van der Waals surface area contributed by atoms with Gasteiger partial charge in [0.05, 0.1) is 23.3 Å². The van der Waals surface area contributed by atoms with Crippen LogP contribution < -0.4 is 0 Å². The first-order chi connectivity index (χ1) is 8.47. The van der Waals surface area contributed by atoms with Crippen LogP contribution in [0.5, 0.6) is 0 Å². The Bertz CT molecular complexity index is 566. The fourth-order valence-electron chi connectivity index (χ4n) is 1.48. The van der Waals surface area contributed by atoms with Gasteiger partial charge in [0.15, 0.2) is 0 Å². The number of nitrogens with zero attached hydrogens (tertiary/aromatic N) is 2. The van der Waals surface area contributed by atoms with Gasteiger partial charge in [-0.1, -0.05) is 18.5 Å². The zero-order valence-electron chi connectivity index (χ0n) is 9.80. The third kappa shape index (κ3) is 3.00. The van der Waals surface area contributed by atoms with Gasteiger partial charge in [-0.15, -0.1) is 0 Å². The van der Waals surface area contributed by atoms with Gasteiger partial charge in [-0.3, -0.25) is 0 Å². The number of hydrogen-bond donors (Lipinski definition) is 1. The van der Waals surface area contributed by atoms with E-state index in [-0.39, 0.29) is 29.6 Å². The number of hydrogen-bond acceptors (Lipinski definition) is 4. The summed E-state index contributed by atoms with van der Waals surface area (Å²) in [5.74, 6) is 0. The highest BCUT2D eigenvalue weighted by atomic mass is 35.5. The van der Waals surface area contributed by atoms with E-state index < -0.39 is 10.0 Å². The number of aliphatic hydroxyl groups excluding tert-OH is 1. The van der Waals surface area contributed by atoms with Crippen molar-refractivity contribution in [1.82, 2.24) is 4.31 Å². The summed E-state index contributed by atoms with van der Waals surface area (Å²) in [6.45, 7) is 1.65. The minimum absolute atomic E-state index is 0.00504. The molecule has 0 fully saturated rings.